The first-order valence-electron chi connectivity index (χ1n) is 5.10. The average Bonchev–Trinajstić information content (AvgIpc) is 2.88. The van der Waals surface area contributed by atoms with Gasteiger partial charge in [-0.25, -0.2) is 4.98 Å². The molecule has 6 heteroatoms. The van der Waals surface area contributed by atoms with Gasteiger partial charge in [-0.15, -0.1) is 22.7 Å². The van der Waals surface area contributed by atoms with Crippen LogP contribution in [0.15, 0.2) is 21.3 Å². The van der Waals surface area contributed by atoms with Crippen molar-refractivity contribution in [1.82, 2.24) is 4.98 Å². The quantitative estimate of drug-likeness (QED) is 0.853. The van der Waals surface area contributed by atoms with Crippen molar-refractivity contribution in [2.24, 2.45) is 0 Å². The number of hydrogen-bond acceptors (Lipinski definition) is 4. The van der Waals surface area contributed by atoms with Gasteiger partial charge in [-0.2, -0.15) is 0 Å². The van der Waals surface area contributed by atoms with Crippen molar-refractivity contribution in [3.8, 4) is 0 Å². The van der Waals surface area contributed by atoms with Crippen molar-refractivity contribution >= 4 is 49.6 Å². The summed E-state index contributed by atoms with van der Waals surface area (Å²) in [5.41, 5.74) is 0.946. The molecule has 0 spiro atoms. The molecule has 0 aliphatic heterocycles. The van der Waals surface area contributed by atoms with Gasteiger partial charge in [0.1, 0.15) is 4.88 Å². The molecule has 0 saturated carbocycles. The smallest absolute Gasteiger partial charge is 0.271 e. The fourth-order valence-corrected chi connectivity index (χ4v) is 3.75. The summed E-state index contributed by atoms with van der Waals surface area (Å²) in [7, 11) is 0. The van der Waals surface area contributed by atoms with Gasteiger partial charge in [0.05, 0.1) is 5.69 Å². The number of carbonyl (C=O) groups excluding carboxylic acids is 1. The molecule has 3 nitrogen and oxygen atoms in total. The molecule has 0 atom stereocenters. The van der Waals surface area contributed by atoms with Gasteiger partial charge in [0.15, 0.2) is 5.13 Å². The van der Waals surface area contributed by atoms with Crippen molar-refractivity contribution in [2.75, 3.05) is 11.4 Å². The van der Waals surface area contributed by atoms with Gasteiger partial charge in [0.2, 0.25) is 0 Å². The Bertz CT molecular complexity index is 535. The lowest BCUT2D eigenvalue weighted by Gasteiger charge is -2.16. The molecule has 2 aromatic heterocycles. The highest BCUT2D eigenvalue weighted by Gasteiger charge is 2.21. The number of aromatic nitrogens is 1. The minimum Gasteiger partial charge on any atom is -0.284 e. The van der Waals surface area contributed by atoms with Crippen molar-refractivity contribution in [1.29, 1.82) is 0 Å². The van der Waals surface area contributed by atoms with Crippen LogP contribution in [-0.4, -0.2) is 17.4 Å². The molecular formula is C11H11BrN2OS2. The maximum absolute atomic E-state index is 12.3. The lowest BCUT2D eigenvalue weighted by Crippen LogP contribution is -2.30. The molecule has 0 aliphatic rings. The van der Waals surface area contributed by atoms with E-state index >= 15 is 0 Å². The van der Waals surface area contributed by atoms with Gasteiger partial charge >= 0.3 is 0 Å². The minimum atomic E-state index is 0.00345. The number of rotatable bonds is 3. The molecule has 17 heavy (non-hydrogen) atoms. The van der Waals surface area contributed by atoms with Crippen LogP contribution < -0.4 is 4.90 Å². The Labute approximate surface area is 116 Å². The molecule has 0 aliphatic carbocycles. The van der Waals surface area contributed by atoms with Crippen LogP contribution >= 0.6 is 38.6 Å². The second kappa shape index (κ2) is 5.29. The van der Waals surface area contributed by atoms with Gasteiger partial charge < -0.3 is 0 Å². The summed E-state index contributed by atoms with van der Waals surface area (Å²) in [5, 5.41) is 4.61. The van der Waals surface area contributed by atoms with Crippen LogP contribution in [0, 0.1) is 6.92 Å². The van der Waals surface area contributed by atoms with E-state index in [9.17, 15) is 4.79 Å². The van der Waals surface area contributed by atoms with E-state index in [2.05, 4.69) is 20.9 Å². The Balaban J connectivity index is 2.31. The minimum absolute atomic E-state index is 0.00345. The molecular weight excluding hydrogens is 320 g/mol. The van der Waals surface area contributed by atoms with Crippen LogP contribution in [0.3, 0.4) is 0 Å². The topological polar surface area (TPSA) is 33.2 Å². The standard InChI is InChI=1S/C11H11BrN2OS2/c1-3-14(11-13-7(2)6-17-11)10(15)9-8(12)4-5-16-9/h4-6H,3H2,1-2H3. The SMILES string of the molecule is CCN(C(=O)c1sccc1Br)c1nc(C)cs1. The summed E-state index contributed by atoms with van der Waals surface area (Å²) in [6.07, 6.45) is 0. The van der Waals surface area contributed by atoms with E-state index in [0.717, 1.165) is 20.2 Å². The number of halogens is 1. The zero-order valence-electron chi connectivity index (χ0n) is 9.44. The largest absolute Gasteiger partial charge is 0.284 e. The molecule has 2 rings (SSSR count). The molecule has 2 heterocycles. The Morgan fingerprint density at radius 1 is 1.53 bits per heavy atom. The predicted molar refractivity (Wildman–Crippen MR) is 76.2 cm³/mol. The van der Waals surface area contributed by atoms with Gasteiger partial charge in [-0.05, 0) is 41.2 Å². The van der Waals surface area contributed by atoms with Crippen molar-refractivity contribution in [2.45, 2.75) is 13.8 Å². The first kappa shape index (κ1) is 12.7. The fourth-order valence-electron chi connectivity index (χ4n) is 1.40. The Kier molecular flexibility index (Phi) is 3.96. The van der Waals surface area contributed by atoms with Crippen LogP contribution in [0.2, 0.25) is 0 Å². The molecule has 0 saturated heterocycles. The average molecular weight is 331 g/mol. The van der Waals surface area contributed by atoms with Crippen molar-refractivity contribution < 1.29 is 4.79 Å². The fraction of sp³-hybridized carbons (Fsp3) is 0.273. The Morgan fingerprint density at radius 3 is 2.76 bits per heavy atom. The van der Waals surface area contributed by atoms with Crippen LogP contribution in [0.1, 0.15) is 22.3 Å². The zero-order chi connectivity index (χ0) is 12.4. The van der Waals surface area contributed by atoms with Gasteiger partial charge in [-0.1, -0.05) is 0 Å². The van der Waals surface area contributed by atoms with Crippen LogP contribution in [0.25, 0.3) is 0 Å². The third-order valence-electron chi connectivity index (χ3n) is 2.21. The predicted octanol–water partition coefficient (Wildman–Crippen LogP) is 3.94. The highest BCUT2D eigenvalue weighted by Crippen LogP contribution is 2.28. The summed E-state index contributed by atoms with van der Waals surface area (Å²) in [6, 6.07) is 1.89. The molecule has 0 unspecified atom stereocenters. The third kappa shape index (κ3) is 2.59. The summed E-state index contributed by atoms with van der Waals surface area (Å²) in [6.45, 7) is 4.51. The normalized spacial score (nSPS) is 10.5. The third-order valence-corrected chi connectivity index (χ3v) is 5.02. The lowest BCUT2D eigenvalue weighted by molar-refractivity contribution is 0.0991. The van der Waals surface area contributed by atoms with E-state index in [1.165, 1.54) is 22.7 Å². The lowest BCUT2D eigenvalue weighted by atomic mass is 10.4. The molecule has 0 N–H and O–H groups in total. The van der Waals surface area contributed by atoms with Crippen LogP contribution in [-0.2, 0) is 0 Å². The number of thiophene rings is 1. The van der Waals surface area contributed by atoms with Gasteiger partial charge in [0.25, 0.3) is 5.91 Å². The number of aryl methyl sites for hydroxylation is 1. The van der Waals surface area contributed by atoms with E-state index in [4.69, 9.17) is 0 Å². The molecule has 2 aromatic rings. The van der Waals surface area contributed by atoms with E-state index in [0.29, 0.717) is 6.54 Å². The molecule has 90 valence electrons. The first-order valence-corrected chi connectivity index (χ1v) is 7.65. The van der Waals surface area contributed by atoms with Crippen molar-refractivity contribution in [3.05, 3.63) is 31.9 Å². The van der Waals surface area contributed by atoms with Gasteiger partial charge in [-0.3, -0.25) is 9.69 Å². The maximum Gasteiger partial charge on any atom is 0.271 e. The van der Waals surface area contributed by atoms with E-state index in [-0.39, 0.29) is 5.91 Å². The first-order chi connectivity index (χ1) is 8.13. The number of anilines is 1. The molecule has 0 bridgehead atoms. The van der Waals surface area contributed by atoms with E-state index in [1.54, 1.807) is 4.90 Å². The van der Waals surface area contributed by atoms with E-state index < -0.39 is 0 Å². The summed E-state index contributed by atoms with van der Waals surface area (Å²) < 4.78 is 0.847. The molecule has 0 radical (unpaired) electrons. The molecule has 0 fully saturated rings. The van der Waals surface area contributed by atoms with Crippen molar-refractivity contribution in [3.63, 3.8) is 0 Å². The summed E-state index contributed by atoms with van der Waals surface area (Å²) in [5.74, 6) is 0.00345. The summed E-state index contributed by atoms with van der Waals surface area (Å²) in [4.78, 5) is 19.1. The number of hydrogen-bond donors (Lipinski definition) is 0. The molecule has 0 aromatic carbocycles. The van der Waals surface area contributed by atoms with Crippen LogP contribution in [0.5, 0.6) is 0 Å². The van der Waals surface area contributed by atoms with E-state index in [1.807, 2.05) is 30.7 Å². The second-order valence-electron chi connectivity index (χ2n) is 3.42. The molecule has 1 amide bonds. The number of amides is 1. The second-order valence-corrected chi connectivity index (χ2v) is 6.03. The Hall–Kier alpha value is -0.720. The number of nitrogens with zero attached hydrogens (tertiary/aromatic N) is 2. The van der Waals surface area contributed by atoms with Gasteiger partial charge in [0, 0.05) is 16.4 Å². The number of thiazole rings is 1. The monoisotopic (exact) mass is 330 g/mol. The highest BCUT2D eigenvalue weighted by atomic mass is 79.9. The maximum atomic E-state index is 12.3. The van der Waals surface area contributed by atoms with Crippen LogP contribution in [0.4, 0.5) is 5.13 Å². The summed E-state index contributed by atoms with van der Waals surface area (Å²) >= 11 is 6.33. The Morgan fingerprint density at radius 2 is 2.29 bits per heavy atom. The number of carbonyl (C=O) groups is 1. The zero-order valence-corrected chi connectivity index (χ0v) is 12.7. The highest BCUT2D eigenvalue weighted by molar-refractivity contribution is 9.10.